The number of rotatable bonds is 8. The van der Waals surface area contributed by atoms with Gasteiger partial charge in [0, 0.05) is 10.9 Å². The van der Waals surface area contributed by atoms with E-state index in [0.29, 0.717) is 23.0 Å². The molecule has 0 spiro atoms. The minimum Gasteiger partial charge on any atom is -0.466 e. The largest absolute Gasteiger partial charge is 0.466 e. The van der Waals surface area contributed by atoms with Gasteiger partial charge in [-0.1, -0.05) is 32.0 Å². The van der Waals surface area contributed by atoms with Gasteiger partial charge < -0.3 is 15.4 Å². The van der Waals surface area contributed by atoms with E-state index in [9.17, 15) is 14.4 Å². The van der Waals surface area contributed by atoms with Crippen molar-refractivity contribution in [3.63, 3.8) is 0 Å². The summed E-state index contributed by atoms with van der Waals surface area (Å²) in [5, 5.41) is 7.54. The average Bonchev–Trinajstić information content (AvgIpc) is 3.06. The van der Waals surface area contributed by atoms with Crippen molar-refractivity contribution in [1.82, 2.24) is 10.3 Å². The van der Waals surface area contributed by atoms with E-state index in [1.54, 1.807) is 36.6 Å². The normalized spacial score (nSPS) is 11.7. The van der Waals surface area contributed by atoms with Crippen molar-refractivity contribution in [3.05, 3.63) is 47.0 Å². The van der Waals surface area contributed by atoms with Crippen LogP contribution >= 0.6 is 11.3 Å². The molecule has 27 heavy (non-hydrogen) atoms. The third-order valence-electron chi connectivity index (χ3n) is 3.68. The van der Waals surface area contributed by atoms with Crippen molar-refractivity contribution < 1.29 is 19.1 Å². The molecule has 1 aromatic heterocycles. The molecule has 0 radical (unpaired) electrons. The summed E-state index contributed by atoms with van der Waals surface area (Å²) < 4.78 is 4.88. The van der Waals surface area contributed by atoms with Crippen molar-refractivity contribution in [3.8, 4) is 0 Å². The maximum atomic E-state index is 12.6. The molecule has 0 fully saturated rings. The molecule has 2 N–H and O–H groups in total. The first-order valence-electron chi connectivity index (χ1n) is 8.67. The monoisotopic (exact) mass is 389 g/mol. The van der Waals surface area contributed by atoms with Crippen LogP contribution < -0.4 is 10.6 Å². The van der Waals surface area contributed by atoms with Crippen molar-refractivity contribution in [2.24, 2.45) is 5.92 Å². The molecule has 0 saturated carbocycles. The molecule has 0 saturated heterocycles. The molecule has 2 rings (SSSR count). The topological polar surface area (TPSA) is 97.4 Å². The Morgan fingerprint density at radius 1 is 1.19 bits per heavy atom. The van der Waals surface area contributed by atoms with Crippen LogP contribution in [0.5, 0.6) is 0 Å². The maximum absolute atomic E-state index is 12.6. The first-order chi connectivity index (χ1) is 12.9. The highest BCUT2D eigenvalue weighted by atomic mass is 32.1. The molecule has 1 unspecified atom stereocenters. The molecule has 1 aromatic carbocycles. The van der Waals surface area contributed by atoms with Crippen LogP contribution in [0.15, 0.2) is 35.7 Å². The standard InChI is InChI=1S/C19H23N3O4S/c1-4-26-15(23)10-14-11-27-19(20-14)22-18(25)16(12(2)3)21-17(24)13-8-6-5-7-9-13/h5-9,11-12,16H,4,10H2,1-3H3,(H,21,24)(H,20,22,25). The highest BCUT2D eigenvalue weighted by molar-refractivity contribution is 7.13. The van der Waals surface area contributed by atoms with Crippen molar-refractivity contribution in [1.29, 1.82) is 0 Å². The van der Waals surface area contributed by atoms with E-state index in [1.165, 1.54) is 11.3 Å². The van der Waals surface area contributed by atoms with E-state index >= 15 is 0 Å². The third kappa shape index (κ3) is 6.18. The molecule has 8 heteroatoms. The van der Waals surface area contributed by atoms with Gasteiger partial charge in [0.15, 0.2) is 5.13 Å². The number of anilines is 1. The fraction of sp³-hybridized carbons (Fsp3) is 0.368. The Bertz CT molecular complexity index is 789. The van der Waals surface area contributed by atoms with E-state index in [2.05, 4.69) is 15.6 Å². The number of aromatic nitrogens is 1. The number of carbonyl (C=O) groups excluding carboxylic acids is 3. The summed E-state index contributed by atoms with van der Waals surface area (Å²) in [5.41, 5.74) is 1.02. The number of hydrogen-bond donors (Lipinski definition) is 2. The zero-order valence-electron chi connectivity index (χ0n) is 15.5. The highest BCUT2D eigenvalue weighted by Gasteiger charge is 2.25. The van der Waals surface area contributed by atoms with Crippen LogP contribution in [-0.2, 0) is 20.7 Å². The SMILES string of the molecule is CCOC(=O)Cc1csc(NC(=O)C(NC(=O)c2ccccc2)C(C)C)n1. The Morgan fingerprint density at radius 2 is 1.89 bits per heavy atom. The van der Waals surface area contributed by atoms with Crippen LogP contribution in [0.3, 0.4) is 0 Å². The summed E-state index contributed by atoms with van der Waals surface area (Å²) >= 11 is 1.22. The van der Waals surface area contributed by atoms with Gasteiger partial charge in [-0.25, -0.2) is 4.98 Å². The molecule has 2 aromatic rings. The minimum absolute atomic E-state index is 0.0541. The summed E-state index contributed by atoms with van der Waals surface area (Å²) in [4.78, 5) is 40.7. The summed E-state index contributed by atoms with van der Waals surface area (Å²) in [6, 6.07) is 8.01. The van der Waals surface area contributed by atoms with E-state index in [-0.39, 0.29) is 30.1 Å². The number of benzene rings is 1. The number of nitrogens with zero attached hydrogens (tertiary/aromatic N) is 1. The smallest absolute Gasteiger partial charge is 0.311 e. The van der Waals surface area contributed by atoms with Gasteiger partial charge in [0.25, 0.3) is 5.91 Å². The molecule has 0 aliphatic heterocycles. The summed E-state index contributed by atoms with van der Waals surface area (Å²) in [6.45, 7) is 5.75. The number of esters is 1. The molecule has 1 heterocycles. The van der Waals surface area contributed by atoms with Crippen molar-refractivity contribution >= 4 is 34.3 Å². The zero-order valence-corrected chi connectivity index (χ0v) is 16.3. The van der Waals surface area contributed by atoms with Gasteiger partial charge in [-0.2, -0.15) is 0 Å². The number of amides is 2. The fourth-order valence-electron chi connectivity index (χ4n) is 2.34. The summed E-state index contributed by atoms with van der Waals surface area (Å²) in [7, 11) is 0. The van der Waals surface area contributed by atoms with Gasteiger partial charge >= 0.3 is 5.97 Å². The highest BCUT2D eigenvalue weighted by Crippen LogP contribution is 2.17. The predicted octanol–water partition coefficient (Wildman–Crippen LogP) is 2.64. The Morgan fingerprint density at radius 3 is 2.52 bits per heavy atom. The number of hydrogen-bond acceptors (Lipinski definition) is 6. The van der Waals surface area contributed by atoms with Gasteiger partial charge in [-0.3, -0.25) is 14.4 Å². The third-order valence-corrected chi connectivity index (χ3v) is 4.49. The second-order valence-electron chi connectivity index (χ2n) is 6.18. The Labute approximate surface area is 162 Å². The molecule has 7 nitrogen and oxygen atoms in total. The van der Waals surface area contributed by atoms with Gasteiger partial charge in [-0.05, 0) is 25.0 Å². The van der Waals surface area contributed by atoms with Gasteiger partial charge in [0.05, 0.1) is 18.7 Å². The van der Waals surface area contributed by atoms with Gasteiger partial charge in [0.2, 0.25) is 5.91 Å². The van der Waals surface area contributed by atoms with Crippen LogP contribution in [0, 0.1) is 5.92 Å². The van der Waals surface area contributed by atoms with Crippen LogP contribution in [0.1, 0.15) is 36.8 Å². The molecular formula is C19H23N3O4S. The molecule has 144 valence electrons. The molecular weight excluding hydrogens is 366 g/mol. The Balaban J connectivity index is 2.00. The Hall–Kier alpha value is -2.74. The van der Waals surface area contributed by atoms with Gasteiger partial charge in [0.1, 0.15) is 6.04 Å². The number of carbonyl (C=O) groups is 3. The van der Waals surface area contributed by atoms with E-state index < -0.39 is 6.04 Å². The first kappa shape index (κ1) is 20.6. The lowest BCUT2D eigenvalue weighted by Gasteiger charge is -2.21. The van der Waals surface area contributed by atoms with Crippen LogP contribution in [0.4, 0.5) is 5.13 Å². The lowest BCUT2D eigenvalue weighted by Crippen LogP contribution is -2.47. The van der Waals surface area contributed by atoms with E-state index in [4.69, 9.17) is 4.74 Å². The van der Waals surface area contributed by atoms with Crippen molar-refractivity contribution in [2.75, 3.05) is 11.9 Å². The second kappa shape index (κ2) is 9.82. The average molecular weight is 389 g/mol. The molecule has 2 amide bonds. The maximum Gasteiger partial charge on any atom is 0.311 e. The minimum atomic E-state index is -0.713. The van der Waals surface area contributed by atoms with E-state index in [1.807, 2.05) is 19.9 Å². The van der Waals surface area contributed by atoms with Crippen molar-refractivity contribution in [2.45, 2.75) is 33.2 Å². The lowest BCUT2D eigenvalue weighted by atomic mass is 10.0. The van der Waals surface area contributed by atoms with Crippen LogP contribution in [0.25, 0.3) is 0 Å². The molecule has 0 aliphatic rings. The Kier molecular flexibility index (Phi) is 7.48. The lowest BCUT2D eigenvalue weighted by molar-refractivity contribution is -0.142. The van der Waals surface area contributed by atoms with Crippen LogP contribution in [-0.4, -0.2) is 35.4 Å². The number of thiazole rings is 1. The van der Waals surface area contributed by atoms with E-state index in [0.717, 1.165) is 0 Å². The predicted molar refractivity (Wildman–Crippen MR) is 104 cm³/mol. The quantitative estimate of drug-likeness (QED) is 0.677. The number of ether oxygens (including phenoxy) is 1. The molecule has 0 aliphatic carbocycles. The molecule has 1 atom stereocenters. The number of nitrogens with one attached hydrogen (secondary N) is 2. The summed E-state index contributed by atoms with van der Waals surface area (Å²) in [6.07, 6.45) is 0.0541. The first-order valence-corrected chi connectivity index (χ1v) is 9.55. The van der Waals surface area contributed by atoms with Crippen LogP contribution in [0.2, 0.25) is 0 Å². The zero-order chi connectivity index (χ0) is 19.8. The van der Waals surface area contributed by atoms with Gasteiger partial charge in [-0.15, -0.1) is 11.3 Å². The molecule has 0 bridgehead atoms. The second-order valence-corrected chi connectivity index (χ2v) is 7.03. The fourth-order valence-corrected chi connectivity index (χ4v) is 3.05. The summed E-state index contributed by atoms with van der Waals surface area (Å²) in [5.74, 6) is -1.15.